The van der Waals surface area contributed by atoms with Gasteiger partial charge in [0.05, 0.1) is 6.42 Å². The highest BCUT2D eigenvalue weighted by Crippen LogP contribution is 2.38. The maximum atomic E-state index is 11.4. The predicted molar refractivity (Wildman–Crippen MR) is 72.5 cm³/mol. The number of rotatable bonds is 3. The van der Waals surface area contributed by atoms with Crippen LogP contribution in [-0.2, 0) is 11.2 Å². The second kappa shape index (κ2) is 4.73. The Morgan fingerprint density at radius 3 is 2.83 bits per heavy atom. The zero-order valence-corrected chi connectivity index (χ0v) is 10.6. The average Bonchev–Trinajstić information content (AvgIpc) is 2.97. The maximum Gasteiger partial charge on any atom is 0.228 e. The van der Waals surface area contributed by atoms with Gasteiger partial charge in [-0.2, -0.15) is 0 Å². The lowest BCUT2D eigenvalue weighted by Crippen LogP contribution is -2.19. The highest BCUT2D eigenvalue weighted by atomic mass is 16.1. The average molecular weight is 244 g/mol. The van der Waals surface area contributed by atoms with Crippen LogP contribution in [0.3, 0.4) is 0 Å². The standard InChI is InChI=1S/C15H20N2O/c16-9-13(10-3-1-2-4-10)11-5-6-14-12(7-11)8-15(18)17-14/h5-7,10,13H,1-4,8-9,16H2,(H,17,18). The van der Waals surface area contributed by atoms with Gasteiger partial charge in [-0.05, 0) is 48.4 Å². The van der Waals surface area contributed by atoms with Crippen LogP contribution < -0.4 is 11.1 Å². The molecule has 0 bridgehead atoms. The number of carbonyl (C=O) groups is 1. The Hall–Kier alpha value is -1.35. The predicted octanol–water partition coefficient (Wildman–Crippen LogP) is 2.41. The number of nitrogens with one attached hydrogen (secondary N) is 1. The van der Waals surface area contributed by atoms with Gasteiger partial charge < -0.3 is 11.1 Å². The van der Waals surface area contributed by atoms with Gasteiger partial charge >= 0.3 is 0 Å². The zero-order chi connectivity index (χ0) is 12.5. The molecule has 3 N–H and O–H groups in total. The maximum absolute atomic E-state index is 11.4. The first-order valence-electron chi connectivity index (χ1n) is 6.90. The molecule has 3 heteroatoms. The molecular formula is C15H20N2O. The summed E-state index contributed by atoms with van der Waals surface area (Å²) in [5.41, 5.74) is 9.40. The molecule has 1 heterocycles. The van der Waals surface area contributed by atoms with Crippen LogP contribution in [0.15, 0.2) is 18.2 Å². The van der Waals surface area contributed by atoms with Crippen molar-refractivity contribution in [1.29, 1.82) is 0 Å². The lowest BCUT2D eigenvalue weighted by Gasteiger charge is -2.22. The molecule has 18 heavy (non-hydrogen) atoms. The Kier molecular flexibility index (Phi) is 3.08. The molecule has 1 saturated carbocycles. The van der Waals surface area contributed by atoms with Crippen LogP contribution in [0.25, 0.3) is 0 Å². The minimum atomic E-state index is 0.104. The number of benzene rings is 1. The Bertz CT molecular complexity index is 464. The van der Waals surface area contributed by atoms with E-state index in [4.69, 9.17) is 5.73 Å². The summed E-state index contributed by atoms with van der Waals surface area (Å²) in [7, 11) is 0. The van der Waals surface area contributed by atoms with Crippen LogP contribution >= 0.6 is 0 Å². The number of amides is 1. The number of hydrogen-bond acceptors (Lipinski definition) is 2. The van der Waals surface area contributed by atoms with Gasteiger partial charge in [-0.15, -0.1) is 0 Å². The van der Waals surface area contributed by atoms with Crippen LogP contribution in [0.2, 0.25) is 0 Å². The number of carbonyl (C=O) groups excluding carboxylic acids is 1. The van der Waals surface area contributed by atoms with Gasteiger partial charge in [0.1, 0.15) is 0 Å². The van der Waals surface area contributed by atoms with Crippen LogP contribution in [-0.4, -0.2) is 12.5 Å². The molecule has 1 unspecified atom stereocenters. The van der Waals surface area contributed by atoms with Gasteiger partial charge in [0.15, 0.2) is 0 Å². The van der Waals surface area contributed by atoms with Crippen molar-refractivity contribution in [3.05, 3.63) is 29.3 Å². The number of hydrogen-bond donors (Lipinski definition) is 2. The number of anilines is 1. The van der Waals surface area contributed by atoms with E-state index >= 15 is 0 Å². The molecule has 2 aliphatic rings. The first-order valence-corrected chi connectivity index (χ1v) is 6.90. The summed E-state index contributed by atoms with van der Waals surface area (Å²) >= 11 is 0. The fraction of sp³-hybridized carbons (Fsp3) is 0.533. The third-order valence-electron chi connectivity index (χ3n) is 4.41. The van der Waals surface area contributed by atoms with Crippen LogP contribution in [0, 0.1) is 5.92 Å². The molecule has 3 rings (SSSR count). The quantitative estimate of drug-likeness (QED) is 0.858. The van der Waals surface area contributed by atoms with Crippen molar-refractivity contribution in [3.63, 3.8) is 0 Å². The Morgan fingerprint density at radius 2 is 2.11 bits per heavy atom. The van der Waals surface area contributed by atoms with Crippen LogP contribution in [0.4, 0.5) is 5.69 Å². The van der Waals surface area contributed by atoms with Crippen LogP contribution in [0.5, 0.6) is 0 Å². The second-order valence-electron chi connectivity index (χ2n) is 5.53. The second-order valence-corrected chi connectivity index (χ2v) is 5.53. The third kappa shape index (κ3) is 2.03. The highest BCUT2D eigenvalue weighted by Gasteiger charge is 2.26. The smallest absolute Gasteiger partial charge is 0.228 e. The van der Waals surface area contributed by atoms with E-state index in [0.29, 0.717) is 18.9 Å². The Balaban J connectivity index is 1.87. The molecule has 96 valence electrons. The fourth-order valence-electron chi connectivity index (χ4n) is 3.44. The van der Waals surface area contributed by atoms with E-state index < -0.39 is 0 Å². The molecular weight excluding hydrogens is 224 g/mol. The molecule has 0 aromatic heterocycles. The Labute approximate surface area is 108 Å². The minimum absolute atomic E-state index is 0.104. The Morgan fingerprint density at radius 1 is 1.33 bits per heavy atom. The van der Waals surface area contributed by atoms with Crippen LogP contribution in [0.1, 0.15) is 42.7 Å². The van der Waals surface area contributed by atoms with E-state index in [0.717, 1.165) is 17.2 Å². The molecule has 0 saturated heterocycles. The number of fused-ring (bicyclic) bond motifs is 1. The molecule has 3 nitrogen and oxygen atoms in total. The van der Waals surface area contributed by atoms with Crippen molar-refractivity contribution in [2.75, 3.05) is 11.9 Å². The molecule has 1 fully saturated rings. The molecule has 0 radical (unpaired) electrons. The van der Waals surface area contributed by atoms with E-state index in [1.165, 1.54) is 31.2 Å². The summed E-state index contributed by atoms with van der Waals surface area (Å²) in [6.45, 7) is 0.713. The third-order valence-corrected chi connectivity index (χ3v) is 4.41. The lowest BCUT2D eigenvalue weighted by molar-refractivity contribution is -0.115. The molecule has 0 spiro atoms. The molecule has 1 atom stereocenters. The van der Waals surface area contributed by atoms with Crippen molar-refractivity contribution in [2.24, 2.45) is 11.7 Å². The summed E-state index contributed by atoms with van der Waals surface area (Å²) in [6, 6.07) is 6.36. The van der Waals surface area contributed by atoms with Gasteiger partial charge in [-0.1, -0.05) is 25.0 Å². The monoisotopic (exact) mass is 244 g/mol. The van der Waals surface area contributed by atoms with Gasteiger partial charge in [0.25, 0.3) is 0 Å². The van der Waals surface area contributed by atoms with Crippen molar-refractivity contribution in [1.82, 2.24) is 0 Å². The van der Waals surface area contributed by atoms with Crippen molar-refractivity contribution >= 4 is 11.6 Å². The molecule has 1 aromatic carbocycles. The van der Waals surface area contributed by atoms with E-state index in [-0.39, 0.29) is 5.91 Å². The summed E-state index contributed by atoms with van der Waals surface area (Å²) in [6.07, 6.45) is 5.80. The zero-order valence-electron chi connectivity index (χ0n) is 10.6. The first-order chi connectivity index (χ1) is 8.78. The van der Waals surface area contributed by atoms with E-state index in [1.54, 1.807) is 0 Å². The summed E-state index contributed by atoms with van der Waals surface area (Å²) in [5.74, 6) is 1.30. The topological polar surface area (TPSA) is 55.1 Å². The number of nitrogens with two attached hydrogens (primary N) is 1. The molecule has 1 aliphatic carbocycles. The van der Waals surface area contributed by atoms with Gasteiger partial charge in [0, 0.05) is 5.69 Å². The van der Waals surface area contributed by atoms with Crippen molar-refractivity contribution < 1.29 is 4.79 Å². The normalized spacial score (nSPS) is 20.8. The summed E-state index contributed by atoms with van der Waals surface area (Å²) in [5, 5.41) is 2.88. The minimum Gasteiger partial charge on any atom is -0.330 e. The SMILES string of the molecule is NCC(c1ccc2c(c1)CC(=O)N2)C1CCCC1. The lowest BCUT2D eigenvalue weighted by atomic mass is 9.84. The fourth-order valence-corrected chi connectivity index (χ4v) is 3.44. The molecule has 1 aromatic rings. The summed E-state index contributed by atoms with van der Waals surface area (Å²) < 4.78 is 0. The first kappa shape index (κ1) is 11.7. The molecule has 1 amide bonds. The summed E-state index contributed by atoms with van der Waals surface area (Å²) in [4.78, 5) is 11.4. The molecule has 1 aliphatic heterocycles. The van der Waals surface area contributed by atoms with Gasteiger partial charge in [-0.3, -0.25) is 4.79 Å². The van der Waals surface area contributed by atoms with Crippen molar-refractivity contribution in [3.8, 4) is 0 Å². The van der Waals surface area contributed by atoms with E-state index in [9.17, 15) is 4.79 Å². The van der Waals surface area contributed by atoms with E-state index in [2.05, 4.69) is 17.4 Å². The van der Waals surface area contributed by atoms with E-state index in [1.807, 2.05) is 6.07 Å². The van der Waals surface area contributed by atoms with Gasteiger partial charge in [-0.25, -0.2) is 0 Å². The highest BCUT2D eigenvalue weighted by molar-refractivity contribution is 5.99. The van der Waals surface area contributed by atoms with Gasteiger partial charge in [0.2, 0.25) is 5.91 Å². The largest absolute Gasteiger partial charge is 0.330 e. The van der Waals surface area contributed by atoms with Crippen molar-refractivity contribution in [2.45, 2.75) is 38.0 Å².